The van der Waals surface area contributed by atoms with Gasteiger partial charge in [0.2, 0.25) is 0 Å². The van der Waals surface area contributed by atoms with E-state index < -0.39 is 0 Å². The zero-order chi connectivity index (χ0) is 10.6. The number of rotatable bonds is 3. The molecule has 0 amide bonds. The van der Waals surface area contributed by atoms with Crippen LogP contribution < -0.4 is 5.73 Å². The summed E-state index contributed by atoms with van der Waals surface area (Å²) in [5.74, 6) is 0. The molecule has 0 aromatic carbocycles. The van der Waals surface area contributed by atoms with Crippen molar-refractivity contribution >= 4 is 0 Å². The summed E-state index contributed by atoms with van der Waals surface area (Å²) in [6.45, 7) is 6.70. The van der Waals surface area contributed by atoms with Crippen LogP contribution in [-0.2, 0) is 0 Å². The van der Waals surface area contributed by atoms with E-state index in [9.17, 15) is 0 Å². The average Bonchev–Trinajstić information content (AvgIpc) is 2.14. The molecule has 1 unspecified atom stereocenters. The Hall–Kier alpha value is -0.890. The van der Waals surface area contributed by atoms with Crippen molar-refractivity contribution in [3.8, 4) is 0 Å². The van der Waals surface area contributed by atoms with Crippen molar-refractivity contribution in [2.45, 2.75) is 39.7 Å². The quantitative estimate of drug-likeness (QED) is 0.799. The van der Waals surface area contributed by atoms with Crippen LogP contribution in [-0.4, -0.2) is 4.98 Å². The van der Waals surface area contributed by atoms with E-state index in [1.807, 2.05) is 18.2 Å². The van der Waals surface area contributed by atoms with Gasteiger partial charge >= 0.3 is 0 Å². The van der Waals surface area contributed by atoms with Crippen LogP contribution in [0.15, 0.2) is 24.4 Å². The van der Waals surface area contributed by atoms with Gasteiger partial charge in [0, 0.05) is 12.2 Å². The molecule has 0 bridgehead atoms. The molecular formula is C12H20N2. The first-order valence-electron chi connectivity index (χ1n) is 5.15. The van der Waals surface area contributed by atoms with Crippen molar-refractivity contribution in [1.29, 1.82) is 0 Å². The van der Waals surface area contributed by atoms with E-state index in [1.54, 1.807) is 6.20 Å². The van der Waals surface area contributed by atoms with Gasteiger partial charge in [0.15, 0.2) is 0 Å². The number of pyridine rings is 1. The Balaban J connectivity index is 2.48. The van der Waals surface area contributed by atoms with Gasteiger partial charge in [-0.2, -0.15) is 0 Å². The number of nitrogens with two attached hydrogens (primary N) is 1. The Bertz CT molecular complexity index is 261. The summed E-state index contributed by atoms with van der Waals surface area (Å²) in [7, 11) is 0. The highest BCUT2D eigenvalue weighted by Gasteiger charge is 2.14. The molecule has 0 saturated heterocycles. The number of hydrogen-bond acceptors (Lipinski definition) is 2. The summed E-state index contributed by atoms with van der Waals surface area (Å²) >= 11 is 0. The van der Waals surface area contributed by atoms with Gasteiger partial charge in [-0.05, 0) is 30.4 Å². The first-order chi connectivity index (χ1) is 6.49. The summed E-state index contributed by atoms with van der Waals surface area (Å²) in [4.78, 5) is 4.25. The van der Waals surface area contributed by atoms with Crippen LogP contribution in [0.1, 0.15) is 45.3 Å². The lowest BCUT2D eigenvalue weighted by Crippen LogP contribution is -2.15. The van der Waals surface area contributed by atoms with E-state index in [-0.39, 0.29) is 6.04 Å². The van der Waals surface area contributed by atoms with Crippen molar-refractivity contribution in [1.82, 2.24) is 4.98 Å². The molecule has 1 atom stereocenters. The van der Waals surface area contributed by atoms with E-state index in [2.05, 4.69) is 25.8 Å². The maximum absolute atomic E-state index is 6.04. The summed E-state index contributed by atoms with van der Waals surface area (Å²) in [5.41, 5.74) is 7.39. The van der Waals surface area contributed by atoms with Gasteiger partial charge in [0.1, 0.15) is 0 Å². The summed E-state index contributed by atoms with van der Waals surface area (Å²) in [5, 5.41) is 0. The van der Waals surface area contributed by atoms with Crippen LogP contribution in [0.3, 0.4) is 0 Å². The van der Waals surface area contributed by atoms with Crippen molar-refractivity contribution in [3.05, 3.63) is 30.1 Å². The minimum atomic E-state index is 0.0791. The first kappa shape index (κ1) is 11.2. The molecule has 1 heterocycles. The van der Waals surface area contributed by atoms with E-state index in [0.29, 0.717) is 5.41 Å². The number of aromatic nitrogens is 1. The molecule has 1 aromatic heterocycles. The predicted octanol–water partition coefficient (Wildman–Crippen LogP) is 2.91. The second kappa shape index (κ2) is 4.56. The number of nitrogens with zero attached hydrogens (tertiary/aromatic N) is 1. The largest absolute Gasteiger partial charge is 0.323 e. The Morgan fingerprint density at radius 3 is 2.57 bits per heavy atom. The third kappa shape index (κ3) is 3.88. The normalized spacial score (nSPS) is 14.0. The molecule has 14 heavy (non-hydrogen) atoms. The maximum atomic E-state index is 6.04. The lowest BCUT2D eigenvalue weighted by molar-refractivity contribution is 0.348. The zero-order valence-corrected chi connectivity index (χ0v) is 9.33. The van der Waals surface area contributed by atoms with E-state index in [0.717, 1.165) is 18.5 Å². The van der Waals surface area contributed by atoms with Gasteiger partial charge < -0.3 is 5.73 Å². The summed E-state index contributed by atoms with van der Waals surface area (Å²) in [6, 6.07) is 5.97. The average molecular weight is 192 g/mol. The van der Waals surface area contributed by atoms with Gasteiger partial charge in [0.05, 0.1) is 5.69 Å². The molecule has 2 nitrogen and oxygen atoms in total. The Morgan fingerprint density at radius 1 is 1.36 bits per heavy atom. The Kier molecular flexibility index (Phi) is 3.64. The van der Waals surface area contributed by atoms with Crippen molar-refractivity contribution in [3.63, 3.8) is 0 Å². The summed E-state index contributed by atoms with van der Waals surface area (Å²) in [6.07, 6.45) is 3.93. The fourth-order valence-corrected chi connectivity index (χ4v) is 1.33. The lowest BCUT2D eigenvalue weighted by Gasteiger charge is -2.20. The molecule has 78 valence electrons. The van der Waals surface area contributed by atoms with E-state index >= 15 is 0 Å². The molecule has 2 heteroatoms. The smallest absolute Gasteiger partial charge is 0.0570 e. The minimum Gasteiger partial charge on any atom is -0.323 e. The highest BCUT2D eigenvalue weighted by atomic mass is 14.8. The van der Waals surface area contributed by atoms with Crippen LogP contribution >= 0.6 is 0 Å². The molecule has 1 rings (SSSR count). The highest BCUT2D eigenvalue weighted by Crippen LogP contribution is 2.25. The monoisotopic (exact) mass is 192 g/mol. The van der Waals surface area contributed by atoms with Crippen LogP contribution in [0.2, 0.25) is 0 Å². The molecule has 0 aliphatic heterocycles. The molecule has 0 saturated carbocycles. The predicted molar refractivity (Wildman–Crippen MR) is 59.9 cm³/mol. The van der Waals surface area contributed by atoms with Crippen LogP contribution in [0, 0.1) is 5.41 Å². The molecule has 0 aliphatic carbocycles. The zero-order valence-electron chi connectivity index (χ0n) is 9.33. The standard InChI is InChI=1S/C12H20N2/c1-12(2,3)8-7-10(13)11-6-4-5-9-14-11/h4-6,9-10H,7-8,13H2,1-3H3. The highest BCUT2D eigenvalue weighted by molar-refractivity contribution is 5.07. The second-order valence-corrected chi connectivity index (χ2v) is 4.96. The van der Waals surface area contributed by atoms with E-state index in [1.165, 1.54) is 0 Å². The first-order valence-corrected chi connectivity index (χ1v) is 5.15. The molecule has 0 fully saturated rings. The molecule has 0 aliphatic rings. The van der Waals surface area contributed by atoms with E-state index in [4.69, 9.17) is 5.73 Å². The SMILES string of the molecule is CC(C)(C)CCC(N)c1ccccn1. The third-order valence-electron chi connectivity index (χ3n) is 2.27. The molecule has 1 aromatic rings. The van der Waals surface area contributed by atoms with Crippen LogP contribution in [0.4, 0.5) is 0 Å². The third-order valence-corrected chi connectivity index (χ3v) is 2.27. The minimum absolute atomic E-state index is 0.0791. The molecule has 0 spiro atoms. The topological polar surface area (TPSA) is 38.9 Å². The second-order valence-electron chi connectivity index (χ2n) is 4.96. The molecule has 0 radical (unpaired) electrons. The number of hydrogen-bond donors (Lipinski definition) is 1. The maximum Gasteiger partial charge on any atom is 0.0570 e. The molecular weight excluding hydrogens is 172 g/mol. The van der Waals surface area contributed by atoms with Gasteiger partial charge in [-0.15, -0.1) is 0 Å². The lowest BCUT2D eigenvalue weighted by atomic mass is 9.88. The van der Waals surface area contributed by atoms with Gasteiger partial charge in [0.25, 0.3) is 0 Å². The Labute approximate surface area is 86.5 Å². The fraction of sp³-hybridized carbons (Fsp3) is 0.583. The fourth-order valence-electron chi connectivity index (χ4n) is 1.33. The van der Waals surface area contributed by atoms with Crippen LogP contribution in [0.5, 0.6) is 0 Å². The van der Waals surface area contributed by atoms with Crippen molar-refractivity contribution < 1.29 is 0 Å². The molecule has 2 N–H and O–H groups in total. The van der Waals surface area contributed by atoms with Gasteiger partial charge in [-0.25, -0.2) is 0 Å². The van der Waals surface area contributed by atoms with Crippen LogP contribution in [0.25, 0.3) is 0 Å². The van der Waals surface area contributed by atoms with Gasteiger partial charge in [-0.1, -0.05) is 26.8 Å². The van der Waals surface area contributed by atoms with Crippen molar-refractivity contribution in [2.75, 3.05) is 0 Å². The van der Waals surface area contributed by atoms with Crippen molar-refractivity contribution in [2.24, 2.45) is 11.1 Å². The van der Waals surface area contributed by atoms with Gasteiger partial charge in [-0.3, -0.25) is 4.98 Å². The summed E-state index contributed by atoms with van der Waals surface area (Å²) < 4.78 is 0. The Morgan fingerprint density at radius 2 is 2.07 bits per heavy atom.